The Balaban J connectivity index is 2.53. The molecule has 0 spiro atoms. The van der Waals surface area contributed by atoms with Gasteiger partial charge in [0, 0.05) is 0 Å². The van der Waals surface area contributed by atoms with Crippen LogP contribution in [0.5, 0.6) is 0 Å². The normalized spacial score (nSPS) is 37.2. The zero-order chi connectivity index (χ0) is 9.90. The summed E-state index contributed by atoms with van der Waals surface area (Å²) < 4.78 is 0. The van der Waals surface area contributed by atoms with Gasteiger partial charge in [-0.3, -0.25) is 0 Å². The van der Waals surface area contributed by atoms with Crippen LogP contribution >= 0.6 is 0 Å². The van der Waals surface area contributed by atoms with Crippen molar-refractivity contribution in [1.82, 2.24) is 0 Å². The van der Waals surface area contributed by atoms with Gasteiger partial charge in [-0.05, 0) is 31.6 Å². The highest BCUT2D eigenvalue weighted by Crippen LogP contribution is 2.33. The Kier molecular flexibility index (Phi) is 3.78. The maximum Gasteiger partial charge on any atom is 0.0622 e. The number of rotatable bonds is 1. The predicted molar refractivity (Wildman–Crippen MR) is 56.7 cm³/mol. The van der Waals surface area contributed by atoms with Crippen LogP contribution in [0.2, 0.25) is 0 Å². The minimum absolute atomic E-state index is 0.393. The Morgan fingerprint density at radius 1 is 1.23 bits per heavy atom. The molecule has 1 aliphatic rings. The highest BCUT2D eigenvalue weighted by Gasteiger charge is 2.28. The molecule has 0 radical (unpaired) electrons. The predicted octanol–water partition coefficient (Wildman–Crippen LogP) is 3.36. The average molecular weight is 184 g/mol. The lowest BCUT2D eigenvalue weighted by Gasteiger charge is -2.33. The van der Waals surface area contributed by atoms with Gasteiger partial charge in [0.2, 0.25) is 0 Å². The molecule has 1 aliphatic carbocycles. The molecule has 13 heavy (non-hydrogen) atoms. The van der Waals surface area contributed by atoms with Crippen LogP contribution in [0.1, 0.15) is 59.3 Å². The Labute approximate surface area is 82.5 Å². The SMILES string of the molecule is CC(C)[C@@H]1CCCCC[C@@](C)(O)C1. The van der Waals surface area contributed by atoms with Crippen LogP contribution in [0, 0.1) is 11.8 Å². The molecular formula is C12H24O. The molecule has 0 bridgehead atoms. The second-order valence-electron chi connectivity index (χ2n) is 5.30. The first-order chi connectivity index (χ1) is 6.01. The van der Waals surface area contributed by atoms with Gasteiger partial charge in [0.05, 0.1) is 5.60 Å². The van der Waals surface area contributed by atoms with Crippen LogP contribution in [-0.4, -0.2) is 10.7 Å². The summed E-state index contributed by atoms with van der Waals surface area (Å²) in [5, 5.41) is 10.1. The maximum atomic E-state index is 10.1. The number of aliphatic hydroxyl groups is 1. The number of hydrogen-bond acceptors (Lipinski definition) is 1. The van der Waals surface area contributed by atoms with E-state index >= 15 is 0 Å². The fourth-order valence-electron chi connectivity index (χ4n) is 2.43. The second-order valence-corrected chi connectivity index (χ2v) is 5.30. The molecule has 1 rings (SSSR count). The molecule has 1 fully saturated rings. The van der Waals surface area contributed by atoms with Crippen molar-refractivity contribution in [1.29, 1.82) is 0 Å². The fraction of sp³-hybridized carbons (Fsp3) is 1.00. The molecule has 0 aliphatic heterocycles. The summed E-state index contributed by atoms with van der Waals surface area (Å²) >= 11 is 0. The lowest BCUT2D eigenvalue weighted by molar-refractivity contribution is 0.00816. The van der Waals surface area contributed by atoms with E-state index in [1.807, 2.05) is 6.92 Å². The van der Waals surface area contributed by atoms with Crippen molar-refractivity contribution in [2.75, 3.05) is 0 Å². The van der Waals surface area contributed by atoms with Gasteiger partial charge in [-0.15, -0.1) is 0 Å². The van der Waals surface area contributed by atoms with E-state index in [-0.39, 0.29) is 0 Å². The summed E-state index contributed by atoms with van der Waals surface area (Å²) in [6.45, 7) is 6.57. The molecule has 1 saturated carbocycles. The van der Waals surface area contributed by atoms with Gasteiger partial charge >= 0.3 is 0 Å². The van der Waals surface area contributed by atoms with Gasteiger partial charge in [-0.25, -0.2) is 0 Å². The Bertz CT molecular complexity index is 149. The smallest absolute Gasteiger partial charge is 0.0622 e. The molecule has 1 heteroatoms. The minimum Gasteiger partial charge on any atom is -0.390 e. The van der Waals surface area contributed by atoms with E-state index in [0.29, 0.717) is 0 Å². The first-order valence-corrected chi connectivity index (χ1v) is 5.74. The van der Waals surface area contributed by atoms with Gasteiger partial charge in [-0.2, -0.15) is 0 Å². The van der Waals surface area contributed by atoms with Crippen molar-refractivity contribution in [3.8, 4) is 0 Å². The van der Waals surface area contributed by atoms with Crippen LogP contribution in [0.3, 0.4) is 0 Å². The molecule has 1 nitrogen and oxygen atoms in total. The Morgan fingerprint density at radius 2 is 1.92 bits per heavy atom. The van der Waals surface area contributed by atoms with E-state index in [4.69, 9.17) is 0 Å². The van der Waals surface area contributed by atoms with Crippen molar-refractivity contribution >= 4 is 0 Å². The van der Waals surface area contributed by atoms with Crippen LogP contribution in [0.25, 0.3) is 0 Å². The van der Waals surface area contributed by atoms with E-state index < -0.39 is 5.60 Å². The van der Waals surface area contributed by atoms with Gasteiger partial charge in [0.1, 0.15) is 0 Å². The van der Waals surface area contributed by atoms with Gasteiger partial charge in [0.15, 0.2) is 0 Å². The maximum absolute atomic E-state index is 10.1. The zero-order valence-corrected chi connectivity index (χ0v) is 9.34. The minimum atomic E-state index is -0.393. The quantitative estimate of drug-likeness (QED) is 0.662. The number of hydrogen-bond donors (Lipinski definition) is 1. The van der Waals surface area contributed by atoms with Gasteiger partial charge in [-0.1, -0.05) is 39.5 Å². The van der Waals surface area contributed by atoms with Crippen LogP contribution in [0.15, 0.2) is 0 Å². The van der Waals surface area contributed by atoms with Crippen LogP contribution < -0.4 is 0 Å². The zero-order valence-electron chi connectivity index (χ0n) is 9.34. The van der Waals surface area contributed by atoms with E-state index in [1.54, 1.807) is 0 Å². The van der Waals surface area contributed by atoms with E-state index in [9.17, 15) is 5.11 Å². The molecule has 0 amide bonds. The van der Waals surface area contributed by atoms with Gasteiger partial charge in [0.25, 0.3) is 0 Å². The molecular weight excluding hydrogens is 160 g/mol. The summed E-state index contributed by atoms with van der Waals surface area (Å²) in [4.78, 5) is 0. The summed E-state index contributed by atoms with van der Waals surface area (Å²) in [7, 11) is 0. The summed E-state index contributed by atoms with van der Waals surface area (Å²) in [5.74, 6) is 1.46. The van der Waals surface area contributed by atoms with Crippen LogP contribution in [0.4, 0.5) is 0 Å². The third-order valence-electron chi connectivity index (χ3n) is 3.44. The summed E-state index contributed by atoms with van der Waals surface area (Å²) in [5.41, 5.74) is -0.393. The standard InChI is InChI=1S/C12H24O/c1-10(2)11-7-5-4-6-8-12(3,13)9-11/h10-11,13H,4-9H2,1-3H3/t11-,12-/m1/s1. The highest BCUT2D eigenvalue weighted by atomic mass is 16.3. The first-order valence-electron chi connectivity index (χ1n) is 5.74. The average Bonchev–Trinajstić information content (AvgIpc) is 1.97. The van der Waals surface area contributed by atoms with E-state index in [2.05, 4.69) is 13.8 Å². The van der Waals surface area contributed by atoms with Crippen molar-refractivity contribution in [2.45, 2.75) is 64.9 Å². The van der Waals surface area contributed by atoms with E-state index in [0.717, 1.165) is 24.7 Å². The largest absolute Gasteiger partial charge is 0.390 e. The molecule has 0 aromatic rings. The molecule has 2 atom stereocenters. The summed E-state index contributed by atoms with van der Waals surface area (Å²) in [6, 6.07) is 0. The highest BCUT2D eigenvalue weighted by molar-refractivity contribution is 4.80. The van der Waals surface area contributed by atoms with Crippen molar-refractivity contribution in [2.24, 2.45) is 11.8 Å². The fourth-order valence-corrected chi connectivity index (χ4v) is 2.43. The summed E-state index contributed by atoms with van der Waals surface area (Å²) in [6.07, 6.45) is 7.19. The van der Waals surface area contributed by atoms with Crippen molar-refractivity contribution in [3.05, 3.63) is 0 Å². The molecule has 0 heterocycles. The Hall–Kier alpha value is -0.0400. The molecule has 0 saturated heterocycles. The lowest BCUT2D eigenvalue weighted by Crippen LogP contribution is -2.30. The van der Waals surface area contributed by atoms with Crippen LogP contribution in [-0.2, 0) is 0 Å². The van der Waals surface area contributed by atoms with Gasteiger partial charge < -0.3 is 5.11 Å². The van der Waals surface area contributed by atoms with E-state index in [1.165, 1.54) is 25.7 Å². The first kappa shape index (κ1) is 11.0. The second kappa shape index (κ2) is 4.45. The third-order valence-corrected chi connectivity index (χ3v) is 3.44. The monoisotopic (exact) mass is 184 g/mol. The lowest BCUT2D eigenvalue weighted by atomic mass is 9.77. The molecule has 0 aromatic carbocycles. The Morgan fingerprint density at radius 3 is 2.54 bits per heavy atom. The molecule has 0 unspecified atom stereocenters. The molecule has 0 aromatic heterocycles. The third kappa shape index (κ3) is 3.68. The topological polar surface area (TPSA) is 20.2 Å². The molecule has 1 N–H and O–H groups in total. The van der Waals surface area contributed by atoms with Crippen molar-refractivity contribution < 1.29 is 5.11 Å². The molecule has 78 valence electrons. The van der Waals surface area contributed by atoms with Crippen molar-refractivity contribution in [3.63, 3.8) is 0 Å².